The summed E-state index contributed by atoms with van der Waals surface area (Å²) in [5, 5.41) is 13.0. The number of nitrogens with one attached hydrogen (secondary N) is 1. The maximum atomic E-state index is 10.0. The molecule has 0 aliphatic carbocycles. The van der Waals surface area contributed by atoms with Crippen molar-refractivity contribution in [2.24, 2.45) is 0 Å². The van der Waals surface area contributed by atoms with Crippen molar-refractivity contribution >= 4 is 21.9 Å². The van der Waals surface area contributed by atoms with Gasteiger partial charge in [-0.25, -0.2) is 9.97 Å². The van der Waals surface area contributed by atoms with E-state index in [4.69, 9.17) is 0 Å². The number of likely N-dealkylation sites (N-methyl/N-ethyl adjacent to an activating group) is 1. The summed E-state index contributed by atoms with van der Waals surface area (Å²) >= 11 is 3.26. The highest BCUT2D eigenvalue weighted by Crippen LogP contribution is 2.09. The quantitative estimate of drug-likeness (QED) is 0.845. The zero-order valence-corrected chi connectivity index (χ0v) is 11.3. The van der Waals surface area contributed by atoms with Gasteiger partial charge in [0.1, 0.15) is 0 Å². The van der Waals surface area contributed by atoms with Gasteiger partial charge in [0.15, 0.2) is 0 Å². The topological polar surface area (TPSA) is 61.3 Å². The zero-order chi connectivity index (χ0) is 12.2. The van der Waals surface area contributed by atoms with Gasteiger partial charge in [-0.05, 0) is 36.9 Å². The lowest BCUT2D eigenvalue weighted by Gasteiger charge is -2.26. The molecular formula is C10H17BrN4O. The first kappa shape index (κ1) is 13.3. The van der Waals surface area contributed by atoms with E-state index in [9.17, 15) is 5.11 Å². The molecule has 1 rings (SSSR count). The molecule has 16 heavy (non-hydrogen) atoms. The van der Waals surface area contributed by atoms with Crippen molar-refractivity contribution in [3.63, 3.8) is 0 Å². The van der Waals surface area contributed by atoms with Gasteiger partial charge in [-0.15, -0.1) is 0 Å². The van der Waals surface area contributed by atoms with E-state index in [1.54, 1.807) is 19.3 Å². The molecule has 1 unspecified atom stereocenters. The van der Waals surface area contributed by atoms with Gasteiger partial charge in [-0.2, -0.15) is 0 Å². The van der Waals surface area contributed by atoms with Crippen LogP contribution in [0.1, 0.15) is 6.92 Å². The molecule has 2 N–H and O–H groups in total. The molecule has 1 atom stereocenters. The molecule has 0 aliphatic rings. The minimum absolute atomic E-state index is 0.410. The molecule has 6 heteroatoms. The molecule has 0 radical (unpaired) electrons. The summed E-state index contributed by atoms with van der Waals surface area (Å²) in [5.41, 5.74) is -0.806. The van der Waals surface area contributed by atoms with Crippen LogP contribution in [0.2, 0.25) is 0 Å². The lowest BCUT2D eigenvalue weighted by atomic mass is 10.1. The van der Waals surface area contributed by atoms with Gasteiger partial charge in [-0.3, -0.25) is 0 Å². The molecule has 0 spiro atoms. The van der Waals surface area contributed by atoms with Crippen molar-refractivity contribution < 1.29 is 5.11 Å². The van der Waals surface area contributed by atoms with Crippen molar-refractivity contribution in [2.45, 2.75) is 12.5 Å². The molecular weight excluding hydrogens is 272 g/mol. The van der Waals surface area contributed by atoms with Crippen LogP contribution in [0.25, 0.3) is 0 Å². The fraction of sp³-hybridized carbons (Fsp3) is 0.600. The molecule has 1 aromatic heterocycles. The minimum atomic E-state index is -0.806. The van der Waals surface area contributed by atoms with Crippen LogP contribution in [0.15, 0.2) is 16.9 Å². The number of rotatable bonds is 5. The van der Waals surface area contributed by atoms with Crippen molar-refractivity contribution in [1.29, 1.82) is 0 Å². The third kappa shape index (κ3) is 4.87. The molecule has 0 fully saturated rings. The van der Waals surface area contributed by atoms with Crippen LogP contribution >= 0.6 is 15.9 Å². The fourth-order valence-electron chi connectivity index (χ4n) is 1.41. The van der Waals surface area contributed by atoms with E-state index in [0.29, 0.717) is 19.0 Å². The molecule has 1 aromatic rings. The maximum Gasteiger partial charge on any atom is 0.222 e. The van der Waals surface area contributed by atoms with E-state index in [0.717, 1.165) is 4.47 Å². The number of hydrogen-bond donors (Lipinski definition) is 2. The van der Waals surface area contributed by atoms with E-state index in [-0.39, 0.29) is 0 Å². The third-order valence-electron chi connectivity index (χ3n) is 1.90. The summed E-state index contributed by atoms with van der Waals surface area (Å²) in [6.07, 6.45) is 3.33. The average Bonchev–Trinajstić information content (AvgIpc) is 2.15. The fourth-order valence-corrected chi connectivity index (χ4v) is 1.61. The van der Waals surface area contributed by atoms with Gasteiger partial charge in [0, 0.05) is 25.5 Å². The second-order valence-electron chi connectivity index (χ2n) is 4.31. The third-order valence-corrected chi connectivity index (χ3v) is 2.31. The average molecular weight is 289 g/mol. The molecule has 0 saturated carbocycles. The van der Waals surface area contributed by atoms with Crippen molar-refractivity contribution in [3.05, 3.63) is 16.9 Å². The monoisotopic (exact) mass is 288 g/mol. The first-order valence-corrected chi connectivity index (χ1v) is 5.77. The molecule has 90 valence electrons. The standard InChI is InChI=1S/C10H17BrN4O/c1-10(16,7-15(2)3)6-14-9-12-4-8(11)5-13-9/h4-5,16H,6-7H2,1-3H3,(H,12,13,14). The van der Waals surface area contributed by atoms with E-state index in [1.807, 2.05) is 19.0 Å². The van der Waals surface area contributed by atoms with Gasteiger partial charge in [0.2, 0.25) is 5.95 Å². The summed E-state index contributed by atoms with van der Waals surface area (Å²) < 4.78 is 0.832. The Bertz CT molecular complexity index is 326. The largest absolute Gasteiger partial charge is 0.387 e. The number of nitrogens with zero attached hydrogens (tertiary/aromatic N) is 3. The van der Waals surface area contributed by atoms with E-state index in [2.05, 4.69) is 31.2 Å². The smallest absolute Gasteiger partial charge is 0.222 e. The van der Waals surface area contributed by atoms with Crippen LogP contribution in [-0.4, -0.2) is 52.8 Å². The summed E-state index contributed by atoms with van der Waals surface area (Å²) in [6.45, 7) is 2.77. The predicted octanol–water partition coefficient (Wildman–Crippen LogP) is 0.964. The summed E-state index contributed by atoms with van der Waals surface area (Å²) in [4.78, 5) is 10.1. The van der Waals surface area contributed by atoms with Gasteiger partial charge in [0.05, 0.1) is 10.1 Å². The number of halogens is 1. The molecule has 0 amide bonds. The first-order chi connectivity index (χ1) is 7.39. The summed E-state index contributed by atoms with van der Waals surface area (Å²) in [7, 11) is 3.84. The van der Waals surface area contributed by atoms with Crippen molar-refractivity contribution in [3.8, 4) is 0 Å². The van der Waals surface area contributed by atoms with Crippen LogP contribution in [-0.2, 0) is 0 Å². The molecule has 0 aliphatic heterocycles. The Kier molecular flexibility index (Phi) is 4.64. The number of aliphatic hydroxyl groups is 1. The van der Waals surface area contributed by atoms with E-state index >= 15 is 0 Å². The Balaban J connectivity index is 2.47. The Morgan fingerprint density at radius 1 is 1.44 bits per heavy atom. The maximum absolute atomic E-state index is 10.0. The lowest BCUT2D eigenvalue weighted by molar-refractivity contribution is 0.0458. The first-order valence-electron chi connectivity index (χ1n) is 4.97. The van der Waals surface area contributed by atoms with Crippen LogP contribution in [0.4, 0.5) is 5.95 Å². The summed E-state index contributed by atoms with van der Waals surface area (Å²) in [5.74, 6) is 0.516. The Hall–Kier alpha value is -0.720. The van der Waals surface area contributed by atoms with Crippen LogP contribution in [0, 0.1) is 0 Å². The summed E-state index contributed by atoms with van der Waals surface area (Å²) in [6, 6.07) is 0. The number of hydrogen-bond acceptors (Lipinski definition) is 5. The Labute approximate surface area is 104 Å². The van der Waals surface area contributed by atoms with Crippen molar-refractivity contribution in [1.82, 2.24) is 14.9 Å². The van der Waals surface area contributed by atoms with E-state index in [1.165, 1.54) is 0 Å². The van der Waals surface area contributed by atoms with E-state index < -0.39 is 5.60 Å². The molecule has 1 heterocycles. The molecule has 0 bridgehead atoms. The lowest BCUT2D eigenvalue weighted by Crippen LogP contribution is -2.43. The Morgan fingerprint density at radius 2 is 2.00 bits per heavy atom. The Morgan fingerprint density at radius 3 is 2.50 bits per heavy atom. The van der Waals surface area contributed by atoms with Crippen LogP contribution in [0.3, 0.4) is 0 Å². The second-order valence-corrected chi connectivity index (χ2v) is 5.23. The highest BCUT2D eigenvalue weighted by Gasteiger charge is 2.21. The van der Waals surface area contributed by atoms with Crippen molar-refractivity contribution in [2.75, 3.05) is 32.5 Å². The second kappa shape index (κ2) is 5.56. The van der Waals surface area contributed by atoms with Gasteiger partial charge in [0.25, 0.3) is 0 Å². The van der Waals surface area contributed by atoms with Crippen LogP contribution < -0.4 is 5.32 Å². The highest BCUT2D eigenvalue weighted by atomic mass is 79.9. The van der Waals surface area contributed by atoms with Gasteiger partial charge < -0.3 is 15.3 Å². The van der Waals surface area contributed by atoms with Gasteiger partial charge in [-0.1, -0.05) is 0 Å². The molecule has 5 nitrogen and oxygen atoms in total. The van der Waals surface area contributed by atoms with Crippen LogP contribution in [0.5, 0.6) is 0 Å². The number of anilines is 1. The SMILES string of the molecule is CN(C)CC(C)(O)CNc1ncc(Br)cn1. The number of aromatic nitrogens is 2. The normalized spacial score (nSPS) is 14.9. The predicted molar refractivity (Wildman–Crippen MR) is 67.4 cm³/mol. The highest BCUT2D eigenvalue weighted by molar-refractivity contribution is 9.10. The molecule has 0 aromatic carbocycles. The minimum Gasteiger partial charge on any atom is -0.387 e. The zero-order valence-electron chi connectivity index (χ0n) is 9.74. The molecule has 0 saturated heterocycles. The van der Waals surface area contributed by atoms with Gasteiger partial charge >= 0.3 is 0 Å².